The summed E-state index contributed by atoms with van der Waals surface area (Å²) in [5.74, 6) is 2.29. The van der Waals surface area contributed by atoms with Crippen molar-refractivity contribution in [2.75, 3.05) is 7.11 Å². The Morgan fingerprint density at radius 2 is 1.93 bits per heavy atom. The van der Waals surface area contributed by atoms with Crippen LogP contribution in [0.15, 0.2) is 47.5 Å². The van der Waals surface area contributed by atoms with Gasteiger partial charge in [-0.15, -0.1) is 10.2 Å². The summed E-state index contributed by atoms with van der Waals surface area (Å²) in [6, 6.07) is 13.0. The number of nitrogens with zero attached hydrogens (tertiary/aromatic N) is 4. The number of aromatic nitrogens is 3. The van der Waals surface area contributed by atoms with Crippen LogP contribution in [0.5, 0.6) is 5.75 Å². The summed E-state index contributed by atoms with van der Waals surface area (Å²) in [4.78, 5) is 17.6. The Morgan fingerprint density at radius 3 is 2.63 bits per heavy atom. The number of aliphatic imine (C=N–C) groups is 1. The molecule has 0 aliphatic carbocycles. The minimum absolute atomic E-state index is 0.164. The summed E-state index contributed by atoms with van der Waals surface area (Å²) < 4.78 is 7.45. The van der Waals surface area contributed by atoms with Gasteiger partial charge in [-0.05, 0) is 37.6 Å². The third kappa shape index (κ3) is 3.75. The van der Waals surface area contributed by atoms with Crippen molar-refractivity contribution in [3.8, 4) is 11.4 Å². The Morgan fingerprint density at radius 1 is 1.17 bits per heavy atom. The summed E-state index contributed by atoms with van der Waals surface area (Å²) in [7, 11) is 1.64. The Labute approximate surface area is 180 Å². The molecule has 0 bridgehead atoms. The van der Waals surface area contributed by atoms with Gasteiger partial charge in [0, 0.05) is 35.1 Å². The van der Waals surface area contributed by atoms with Gasteiger partial charge in [0.15, 0.2) is 5.82 Å². The molecule has 0 saturated carbocycles. The Hall–Kier alpha value is -2.99. The zero-order valence-electron chi connectivity index (χ0n) is 17.2. The molecule has 1 aliphatic rings. The molecule has 0 N–H and O–H groups in total. The van der Waals surface area contributed by atoms with Gasteiger partial charge < -0.3 is 4.74 Å². The number of ketones is 1. The van der Waals surface area contributed by atoms with Crippen LogP contribution in [0.1, 0.15) is 55.0 Å². The average molecular weight is 423 g/mol. The van der Waals surface area contributed by atoms with Crippen molar-refractivity contribution >= 4 is 23.1 Å². The van der Waals surface area contributed by atoms with Gasteiger partial charge in [-0.25, -0.2) is 0 Å². The van der Waals surface area contributed by atoms with Crippen LogP contribution in [0.4, 0.5) is 0 Å². The van der Waals surface area contributed by atoms with Crippen LogP contribution in [-0.2, 0) is 4.79 Å². The number of benzene rings is 2. The first-order chi connectivity index (χ1) is 14.5. The number of fused-ring (bicyclic) bond motifs is 3. The maximum atomic E-state index is 12.5. The molecule has 1 atom stereocenters. The van der Waals surface area contributed by atoms with Crippen LogP contribution in [0.25, 0.3) is 5.69 Å². The fourth-order valence-corrected chi connectivity index (χ4v) is 3.90. The number of methoxy groups -OCH3 is 1. The molecule has 1 aliphatic heterocycles. The molecule has 1 aromatic heterocycles. The van der Waals surface area contributed by atoms with E-state index in [9.17, 15) is 4.79 Å². The highest BCUT2D eigenvalue weighted by atomic mass is 35.5. The number of ether oxygens (including phenoxy) is 1. The quantitative estimate of drug-likeness (QED) is 0.567. The van der Waals surface area contributed by atoms with Crippen molar-refractivity contribution in [3.63, 3.8) is 0 Å². The second-order valence-corrected chi connectivity index (χ2v) is 7.75. The molecular weight excluding hydrogens is 400 g/mol. The standard InChI is InChI=1S/C23H23ClN4O2/c1-4-5-17(29)12-20-23-27-26-14(2)28(23)21-13-18(30-3)10-11-19(21)22(25-20)15-6-8-16(24)9-7-15/h6-11,13,20H,4-5,12H2,1-3H3/t20-/m0/s1. The van der Waals surface area contributed by atoms with Crippen LogP contribution in [0, 0.1) is 6.92 Å². The predicted octanol–water partition coefficient (Wildman–Crippen LogP) is 4.89. The summed E-state index contributed by atoms with van der Waals surface area (Å²) in [5.41, 5.74) is 3.53. The molecule has 0 radical (unpaired) electrons. The van der Waals surface area contributed by atoms with Crippen molar-refractivity contribution in [2.24, 2.45) is 4.99 Å². The number of aryl methyl sites for hydroxylation is 1. The van der Waals surface area contributed by atoms with Gasteiger partial charge in [-0.2, -0.15) is 0 Å². The average Bonchev–Trinajstić information content (AvgIpc) is 3.06. The lowest BCUT2D eigenvalue weighted by Crippen LogP contribution is -2.11. The molecule has 0 spiro atoms. The van der Waals surface area contributed by atoms with Gasteiger partial charge in [0.2, 0.25) is 0 Å². The predicted molar refractivity (Wildman–Crippen MR) is 117 cm³/mol. The van der Waals surface area contributed by atoms with Gasteiger partial charge in [-0.1, -0.05) is 30.7 Å². The second-order valence-electron chi connectivity index (χ2n) is 7.32. The van der Waals surface area contributed by atoms with Crippen LogP contribution in [0.3, 0.4) is 0 Å². The molecule has 7 heteroatoms. The van der Waals surface area contributed by atoms with Gasteiger partial charge in [0.25, 0.3) is 0 Å². The first-order valence-electron chi connectivity index (χ1n) is 9.98. The van der Waals surface area contributed by atoms with Crippen molar-refractivity contribution in [3.05, 3.63) is 70.3 Å². The van der Waals surface area contributed by atoms with Gasteiger partial charge in [0.1, 0.15) is 23.4 Å². The molecule has 0 fully saturated rings. The smallest absolute Gasteiger partial charge is 0.162 e. The van der Waals surface area contributed by atoms with E-state index in [1.54, 1.807) is 7.11 Å². The molecule has 0 amide bonds. The fraction of sp³-hybridized carbons (Fsp3) is 0.304. The fourth-order valence-electron chi connectivity index (χ4n) is 3.77. The van der Waals surface area contributed by atoms with E-state index in [1.807, 2.05) is 60.9 Å². The summed E-state index contributed by atoms with van der Waals surface area (Å²) >= 11 is 6.11. The van der Waals surface area contributed by atoms with Crippen molar-refractivity contribution in [1.82, 2.24) is 14.8 Å². The molecule has 2 aromatic carbocycles. The maximum Gasteiger partial charge on any atom is 0.162 e. The largest absolute Gasteiger partial charge is 0.497 e. The highest BCUT2D eigenvalue weighted by Gasteiger charge is 2.29. The maximum absolute atomic E-state index is 12.5. The first kappa shape index (κ1) is 20.3. The van der Waals surface area contributed by atoms with E-state index in [-0.39, 0.29) is 12.2 Å². The zero-order valence-corrected chi connectivity index (χ0v) is 18.0. The molecule has 0 saturated heterocycles. The molecule has 154 valence electrons. The minimum atomic E-state index is -0.422. The van der Waals surface area contributed by atoms with Crippen LogP contribution in [0.2, 0.25) is 5.02 Å². The Balaban J connectivity index is 1.95. The number of carbonyl (C=O) groups is 1. The van der Waals surface area contributed by atoms with Gasteiger partial charge >= 0.3 is 0 Å². The SMILES string of the molecule is CCCC(=O)C[C@@H]1N=C(c2ccc(Cl)cc2)c2ccc(OC)cc2-n2c(C)nnc21. The van der Waals surface area contributed by atoms with E-state index in [2.05, 4.69) is 10.2 Å². The monoisotopic (exact) mass is 422 g/mol. The van der Waals surface area contributed by atoms with E-state index < -0.39 is 6.04 Å². The number of carbonyl (C=O) groups excluding carboxylic acids is 1. The molecule has 6 nitrogen and oxygen atoms in total. The van der Waals surface area contributed by atoms with E-state index in [0.717, 1.165) is 40.5 Å². The number of hydrogen-bond donors (Lipinski definition) is 0. The Bertz CT molecular complexity index is 1120. The lowest BCUT2D eigenvalue weighted by Gasteiger charge is -2.14. The second kappa shape index (κ2) is 8.40. The third-order valence-electron chi connectivity index (χ3n) is 5.20. The van der Waals surface area contributed by atoms with Crippen molar-refractivity contribution in [2.45, 2.75) is 39.2 Å². The summed E-state index contributed by atoms with van der Waals surface area (Å²) in [6.45, 7) is 3.90. The molecule has 4 rings (SSSR count). The lowest BCUT2D eigenvalue weighted by atomic mass is 10.00. The van der Waals surface area contributed by atoms with Crippen LogP contribution in [-0.4, -0.2) is 33.4 Å². The molecule has 2 heterocycles. The van der Waals surface area contributed by atoms with Gasteiger partial charge in [-0.3, -0.25) is 14.4 Å². The van der Waals surface area contributed by atoms with Crippen LogP contribution < -0.4 is 4.74 Å². The number of rotatable bonds is 6. The molecule has 30 heavy (non-hydrogen) atoms. The van der Waals surface area contributed by atoms with Gasteiger partial charge in [0.05, 0.1) is 18.5 Å². The number of hydrogen-bond acceptors (Lipinski definition) is 5. The topological polar surface area (TPSA) is 69.4 Å². The molecule has 3 aromatic rings. The Kier molecular flexibility index (Phi) is 5.68. The van der Waals surface area contributed by atoms with Crippen molar-refractivity contribution in [1.29, 1.82) is 0 Å². The number of halogens is 1. The summed E-state index contributed by atoms with van der Waals surface area (Å²) in [6.07, 6.45) is 1.62. The highest BCUT2D eigenvalue weighted by molar-refractivity contribution is 6.30. The molecule has 0 unspecified atom stereocenters. The van der Waals surface area contributed by atoms with E-state index in [1.165, 1.54) is 0 Å². The first-order valence-corrected chi connectivity index (χ1v) is 10.4. The number of Topliss-reactive ketones (excluding diaryl/α,β-unsaturated/α-hetero) is 1. The molecular formula is C23H23ClN4O2. The summed E-state index contributed by atoms with van der Waals surface area (Å²) in [5, 5.41) is 9.34. The van der Waals surface area contributed by atoms with E-state index in [4.69, 9.17) is 21.3 Å². The van der Waals surface area contributed by atoms with E-state index in [0.29, 0.717) is 17.3 Å². The van der Waals surface area contributed by atoms with E-state index >= 15 is 0 Å². The van der Waals surface area contributed by atoms with Crippen molar-refractivity contribution < 1.29 is 9.53 Å². The minimum Gasteiger partial charge on any atom is -0.497 e. The lowest BCUT2D eigenvalue weighted by molar-refractivity contribution is -0.119. The zero-order chi connectivity index (χ0) is 21.3. The van der Waals surface area contributed by atoms with Crippen LogP contribution >= 0.6 is 11.6 Å². The normalized spacial score (nSPS) is 15.1. The third-order valence-corrected chi connectivity index (χ3v) is 5.45. The highest BCUT2D eigenvalue weighted by Crippen LogP contribution is 2.34.